The third-order valence-electron chi connectivity index (χ3n) is 2.47. The Morgan fingerprint density at radius 3 is 2.65 bits per heavy atom. The molecule has 1 aromatic rings. The van der Waals surface area contributed by atoms with Gasteiger partial charge in [0.15, 0.2) is 0 Å². The van der Waals surface area contributed by atoms with Crippen molar-refractivity contribution in [3.8, 4) is 0 Å². The van der Waals surface area contributed by atoms with Gasteiger partial charge in [0.2, 0.25) is 0 Å². The Balaban J connectivity index is 0.000000956. The van der Waals surface area contributed by atoms with E-state index in [0.29, 0.717) is 0 Å². The summed E-state index contributed by atoms with van der Waals surface area (Å²) in [6.45, 7) is 4.00. The van der Waals surface area contributed by atoms with E-state index in [1.165, 1.54) is 4.57 Å². The van der Waals surface area contributed by atoms with Crippen LogP contribution >= 0.6 is 0 Å². The van der Waals surface area contributed by atoms with E-state index in [0.717, 1.165) is 18.5 Å². The number of nitrogens with zero attached hydrogens (tertiary/aromatic N) is 2. The molecule has 0 aliphatic heterocycles. The molecule has 108 valence electrons. The van der Waals surface area contributed by atoms with E-state index >= 15 is 0 Å². The second-order valence-electron chi connectivity index (χ2n) is 3.92. The van der Waals surface area contributed by atoms with E-state index in [2.05, 4.69) is 15.6 Å². The van der Waals surface area contributed by atoms with E-state index in [1.54, 1.807) is 19.3 Å². The van der Waals surface area contributed by atoms with Gasteiger partial charge in [-0.05, 0) is 25.0 Å². The van der Waals surface area contributed by atoms with Crippen LogP contribution in [0.1, 0.15) is 26.7 Å². The monoisotopic (exact) mass is 276 g/mol. The van der Waals surface area contributed by atoms with Gasteiger partial charge in [-0.1, -0.05) is 26.0 Å². The molecule has 0 aromatic carbocycles. The average Bonchev–Trinajstić information content (AvgIpc) is 2.46. The van der Waals surface area contributed by atoms with Gasteiger partial charge < -0.3 is 9.88 Å². The molecule has 0 saturated heterocycles. The van der Waals surface area contributed by atoms with Crippen LogP contribution in [0.15, 0.2) is 41.0 Å². The third kappa shape index (κ3) is 4.72. The molecule has 0 bridgehead atoms. The molecule has 0 atom stereocenters. The Bertz CT molecular complexity index is 573. The lowest BCUT2D eigenvalue weighted by Gasteiger charge is -2.10. The van der Waals surface area contributed by atoms with Gasteiger partial charge in [-0.25, -0.2) is 9.59 Å². The summed E-state index contributed by atoms with van der Waals surface area (Å²) in [5.74, 6) is 0.232. The number of nitrogens with one attached hydrogen (secondary N) is 2. The number of urea groups is 1. The molecule has 2 N–H and O–H groups in total. The Hall–Kier alpha value is -2.37. The highest BCUT2D eigenvalue weighted by Crippen LogP contribution is 2.07. The fraction of sp³-hybridized carbons (Fsp3) is 0.357. The molecule has 20 heavy (non-hydrogen) atoms. The van der Waals surface area contributed by atoms with Crippen LogP contribution < -0.4 is 16.3 Å². The first-order valence-electron chi connectivity index (χ1n) is 6.63. The number of carbonyl (C=O) groups excluding carboxylic acids is 1. The molecule has 0 fully saturated rings. The van der Waals surface area contributed by atoms with E-state index in [4.69, 9.17) is 0 Å². The van der Waals surface area contributed by atoms with Gasteiger partial charge in [0.05, 0.1) is 0 Å². The van der Waals surface area contributed by atoms with Crippen molar-refractivity contribution in [3.63, 3.8) is 0 Å². The molecule has 2 rings (SSSR count). The average molecular weight is 276 g/mol. The number of allylic oxidation sites excluding steroid dienone is 3. The van der Waals surface area contributed by atoms with Crippen LogP contribution in [0, 0.1) is 0 Å². The van der Waals surface area contributed by atoms with Gasteiger partial charge in [0.1, 0.15) is 5.82 Å². The minimum Gasteiger partial charge on any atom is -0.308 e. The summed E-state index contributed by atoms with van der Waals surface area (Å²) < 4.78 is 1.33. The van der Waals surface area contributed by atoms with Crippen LogP contribution in [0.4, 0.5) is 10.6 Å². The summed E-state index contributed by atoms with van der Waals surface area (Å²) >= 11 is 0. The molecule has 0 unspecified atom stereocenters. The first-order chi connectivity index (χ1) is 9.65. The molecule has 1 aromatic heterocycles. The van der Waals surface area contributed by atoms with Gasteiger partial charge >= 0.3 is 11.7 Å². The zero-order valence-corrected chi connectivity index (χ0v) is 12.0. The highest BCUT2D eigenvalue weighted by molar-refractivity contribution is 5.89. The number of hydrogen-bond acceptors (Lipinski definition) is 3. The lowest BCUT2D eigenvalue weighted by atomic mass is 10.1. The molecule has 1 heterocycles. The lowest BCUT2D eigenvalue weighted by Crippen LogP contribution is -2.30. The Morgan fingerprint density at radius 1 is 1.30 bits per heavy atom. The lowest BCUT2D eigenvalue weighted by molar-refractivity contribution is 0.254. The van der Waals surface area contributed by atoms with Gasteiger partial charge in [0, 0.05) is 18.9 Å². The maximum atomic E-state index is 11.6. The summed E-state index contributed by atoms with van der Waals surface area (Å²) in [4.78, 5) is 26.6. The summed E-state index contributed by atoms with van der Waals surface area (Å²) in [5, 5.41) is 5.18. The van der Waals surface area contributed by atoms with E-state index in [-0.39, 0.29) is 5.82 Å². The minimum atomic E-state index is -0.412. The number of hydrogen-bond donors (Lipinski definition) is 2. The second-order valence-corrected chi connectivity index (χ2v) is 3.92. The van der Waals surface area contributed by atoms with Crippen molar-refractivity contribution >= 4 is 11.8 Å². The van der Waals surface area contributed by atoms with Gasteiger partial charge in [0.25, 0.3) is 0 Å². The molecule has 6 nitrogen and oxygen atoms in total. The quantitative estimate of drug-likeness (QED) is 0.869. The van der Waals surface area contributed by atoms with Gasteiger partial charge in [-0.15, -0.1) is 0 Å². The Morgan fingerprint density at radius 2 is 2.05 bits per heavy atom. The zero-order valence-electron chi connectivity index (χ0n) is 12.0. The summed E-state index contributed by atoms with van der Waals surface area (Å²) in [7, 11) is 1.59. The molecule has 1 aliphatic rings. The van der Waals surface area contributed by atoms with Gasteiger partial charge in [-0.2, -0.15) is 4.98 Å². The number of amides is 2. The maximum Gasteiger partial charge on any atom is 0.349 e. The topological polar surface area (TPSA) is 76.0 Å². The number of anilines is 1. The van der Waals surface area contributed by atoms with Crippen molar-refractivity contribution in [2.24, 2.45) is 7.05 Å². The second kappa shape index (κ2) is 7.93. The maximum absolute atomic E-state index is 11.6. The summed E-state index contributed by atoms with van der Waals surface area (Å²) in [5.41, 5.74) is 0.340. The van der Waals surface area contributed by atoms with Crippen LogP contribution in [0.5, 0.6) is 0 Å². The van der Waals surface area contributed by atoms with Crippen molar-refractivity contribution in [1.29, 1.82) is 0 Å². The Labute approximate surface area is 118 Å². The molecular weight excluding hydrogens is 256 g/mol. The fourth-order valence-corrected chi connectivity index (χ4v) is 1.52. The van der Waals surface area contributed by atoms with Crippen molar-refractivity contribution in [3.05, 3.63) is 46.7 Å². The first kappa shape index (κ1) is 15.7. The molecule has 1 aliphatic carbocycles. The van der Waals surface area contributed by atoms with Crippen molar-refractivity contribution < 1.29 is 4.79 Å². The van der Waals surface area contributed by atoms with Crippen LogP contribution in [-0.2, 0) is 7.05 Å². The normalized spacial score (nSPS) is 12.8. The predicted molar refractivity (Wildman–Crippen MR) is 79.4 cm³/mol. The van der Waals surface area contributed by atoms with E-state index in [1.807, 2.05) is 32.1 Å². The molecular formula is C14H20N4O2. The van der Waals surface area contributed by atoms with Crippen molar-refractivity contribution in [2.75, 3.05) is 5.32 Å². The van der Waals surface area contributed by atoms with Gasteiger partial charge in [-0.3, -0.25) is 5.32 Å². The number of aromatic nitrogens is 2. The third-order valence-corrected chi connectivity index (χ3v) is 2.47. The van der Waals surface area contributed by atoms with E-state index in [9.17, 15) is 9.59 Å². The SMILES string of the molecule is CC.Cn1ccc(NC(=O)NC2=CCCC=C2)nc1=O. The molecule has 0 spiro atoms. The number of aryl methyl sites for hydroxylation is 1. The minimum absolute atomic E-state index is 0.232. The summed E-state index contributed by atoms with van der Waals surface area (Å²) in [6.07, 6.45) is 9.23. The van der Waals surface area contributed by atoms with Crippen molar-refractivity contribution in [1.82, 2.24) is 14.9 Å². The zero-order chi connectivity index (χ0) is 15.0. The molecule has 6 heteroatoms. The summed E-state index contributed by atoms with van der Waals surface area (Å²) in [6, 6.07) is 1.15. The highest BCUT2D eigenvalue weighted by atomic mass is 16.2. The Kier molecular flexibility index (Phi) is 6.22. The van der Waals surface area contributed by atoms with Crippen molar-refractivity contribution in [2.45, 2.75) is 26.7 Å². The standard InChI is InChI=1S/C12H14N4O2.C2H6/c1-16-8-7-10(15-12(16)18)14-11(17)13-9-5-3-2-4-6-9;1-2/h3,5-8H,2,4H2,1H3,(H2,13,14,15,17,18);1-2H3. The molecule has 0 saturated carbocycles. The van der Waals surface area contributed by atoms with Crippen LogP contribution in [-0.4, -0.2) is 15.6 Å². The largest absolute Gasteiger partial charge is 0.349 e. The highest BCUT2D eigenvalue weighted by Gasteiger charge is 2.05. The van der Waals surface area contributed by atoms with E-state index < -0.39 is 11.7 Å². The van der Waals surface area contributed by atoms with Crippen LogP contribution in [0.25, 0.3) is 0 Å². The van der Waals surface area contributed by atoms with Crippen LogP contribution in [0.3, 0.4) is 0 Å². The number of rotatable bonds is 2. The molecule has 0 radical (unpaired) electrons. The van der Waals surface area contributed by atoms with Crippen LogP contribution in [0.2, 0.25) is 0 Å². The smallest absolute Gasteiger partial charge is 0.308 e. The molecule has 2 amide bonds. The predicted octanol–water partition coefficient (Wildman–Crippen LogP) is 2.16. The first-order valence-corrected chi connectivity index (χ1v) is 6.63. The number of carbonyl (C=O) groups is 1. The fourth-order valence-electron chi connectivity index (χ4n) is 1.52.